The van der Waals surface area contributed by atoms with E-state index in [1.807, 2.05) is 0 Å². The van der Waals surface area contributed by atoms with Gasteiger partial charge in [0.05, 0.1) is 40.7 Å². The molecule has 5 rings (SSSR count). The lowest BCUT2D eigenvalue weighted by molar-refractivity contribution is -0.113. The van der Waals surface area contributed by atoms with Gasteiger partial charge in [-0.25, -0.2) is 14.4 Å². The van der Waals surface area contributed by atoms with E-state index in [9.17, 15) is 9.18 Å². The summed E-state index contributed by atoms with van der Waals surface area (Å²) in [4.78, 5) is 28.3. The van der Waals surface area contributed by atoms with Gasteiger partial charge in [0.15, 0.2) is 0 Å². The van der Waals surface area contributed by atoms with Gasteiger partial charge in [-0.2, -0.15) is 0 Å². The second kappa shape index (κ2) is 9.81. The fourth-order valence-corrected chi connectivity index (χ4v) is 5.31. The number of carbonyl (C=O) groups excluding carboxylic acids is 1. The summed E-state index contributed by atoms with van der Waals surface area (Å²) >= 11 is 1.53. The second-order valence-electron chi connectivity index (χ2n) is 8.66. The molecule has 0 bridgehead atoms. The van der Waals surface area contributed by atoms with E-state index in [1.54, 1.807) is 19.2 Å². The first-order valence-corrected chi connectivity index (χ1v) is 12.4. The number of carbonyl (C=O) groups is 1. The molecule has 1 atom stereocenters. The number of aryl methyl sites for hydroxylation is 1. The monoisotopic (exact) mass is 482 g/mol. The lowest BCUT2D eigenvalue weighted by Crippen LogP contribution is -2.33. The maximum Gasteiger partial charge on any atom is 0.235 e. The Morgan fingerprint density at radius 3 is 3.09 bits per heavy atom. The van der Waals surface area contributed by atoms with Gasteiger partial charge >= 0.3 is 0 Å². The number of nitrogens with one attached hydrogen (secondary N) is 2. The van der Waals surface area contributed by atoms with Crippen LogP contribution in [0.3, 0.4) is 0 Å². The van der Waals surface area contributed by atoms with Crippen molar-refractivity contribution in [3.8, 4) is 5.88 Å². The molecular weight excluding hydrogens is 455 g/mol. The Morgan fingerprint density at radius 1 is 1.35 bits per heavy atom. The third kappa shape index (κ3) is 4.84. The number of aromatic nitrogens is 3. The Kier molecular flexibility index (Phi) is 6.62. The second-order valence-corrected chi connectivity index (χ2v) is 9.68. The number of halogens is 1. The van der Waals surface area contributed by atoms with E-state index in [-0.39, 0.29) is 11.7 Å². The number of fused-ring (bicyclic) bond motifs is 2. The lowest BCUT2D eigenvalue weighted by atomic mass is 10.1. The summed E-state index contributed by atoms with van der Waals surface area (Å²) in [5, 5.41) is 6.47. The minimum atomic E-state index is -0.332. The molecule has 0 radical (unpaired) electrons. The fourth-order valence-electron chi connectivity index (χ4n) is 4.46. The molecule has 5 heterocycles. The van der Waals surface area contributed by atoms with E-state index >= 15 is 0 Å². The number of hydrogen-bond donors (Lipinski definition) is 2. The first kappa shape index (κ1) is 22.9. The van der Waals surface area contributed by atoms with Crippen molar-refractivity contribution in [2.75, 3.05) is 37.8 Å². The number of pyridine rings is 3. The van der Waals surface area contributed by atoms with Crippen LogP contribution in [0.1, 0.15) is 23.2 Å². The predicted octanol–water partition coefficient (Wildman–Crippen LogP) is 2.93. The van der Waals surface area contributed by atoms with Gasteiger partial charge in [-0.15, -0.1) is 11.8 Å². The van der Waals surface area contributed by atoms with Gasteiger partial charge in [0.2, 0.25) is 11.8 Å². The highest BCUT2D eigenvalue weighted by molar-refractivity contribution is 8.00. The molecular formula is C24H27FN6O2S. The average molecular weight is 483 g/mol. The number of hydrogen-bond acceptors (Lipinski definition) is 8. The van der Waals surface area contributed by atoms with Crippen molar-refractivity contribution in [3.05, 3.63) is 47.0 Å². The van der Waals surface area contributed by atoms with Crippen molar-refractivity contribution in [2.24, 2.45) is 0 Å². The third-order valence-electron chi connectivity index (χ3n) is 6.36. The standard InChI is InChI=1S/C24H27FN6O2S/c1-14-9-20-24(29-21(32)13-34-20)28-19(14)11-26-15-5-7-31(12-15)8-6-16-17(25)10-27-18-3-4-22(33-2)30-23(16)18/h3-4,9-10,15,26H,5-8,11-13H2,1-2H3,(H,28,29,32). The van der Waals surface area contributed by atoms with Gasteiger partial charge in [0.1, 0.15) is 11.6 Å². The van der Waals surface area contributed by atoms with E-state index in [0.717, 1.165) is 42.2 Å². The molecule has 2 aliphatic rings. The molecule has 0 saturated carbocycles. The van der Waals surface area contributed by atoms with Crippen molar-refractivity contribution >= 4 is 34.5 Å². The molecule has 0 spiro atoms. The molecule has 2 aliphatic heterocycles. The number of anilines is 1. The van der Waals surface area contributed by atoms with Crippen molar-refractivity contribution in [1.82, 2.24) is 25.2 Å². The normalized spacial score (nSPS) is 18.2. The zero-order chi connectivity index (χ0) is 23.7. The molecule has 3 aromatic rings. The zero-order valence-corrected chi connectivity index (χ0v) is 20.0. The van der Waals surface area contributed by atoms with Crippen LogP contribution in [0, 0.1) is 12.7 Å². The van der Waals surface area contributed by atoms with Crippen LogP contribution >= 0.6 is 11.8 Å². The Bertz CT molecular complexity index is 1240. The van der Waals surface area contributed by atoms with E-state index in [4.69, 9.17) is 4.74 Å². The number of nitrogens with zero attached hydrogens (tertiary/aromatic N) is 4. The van der Waals surface area contributed by atoms with Crippen LogP contribution in [0.25, 0.3) is 11.0 Å². The topological polar surface area (TPSA) is 92.3 Å². The van der Waals surface area contributed by atoms with Gasteiger partial charge in [-0.3, -0.25) is 9.78 Å². The number of likely N-dealkylation sites (tertiary alicyclic amines) is 1. The van der Waals surface area contributed by atoms with E-state index < -0.39 is 0 Å². The van der Waals surface area contributed by atoms with Gasteiger partial charge < -0.3 is 20.3 Å². The number of thioether (sulfide) groups is 1. The van der Waals surface area contributed by atoms with E-state index in [0.29, 0.717) is 53.1 Å². The highest BCUT2D eigenvalue weighted by Gasteiger charge is 2.24. The first-order valence-electron chi connectivity index (χ1n) is 11.4. The lowest BCUT2D eigenvalue weighted by Gasteiger charge is -2.20. The predicted molar refractivity (Wildman–Crippen MR) is 130 cm³/mol. The zero-order valence-electron chi connectivity index (χ0n) is 19.2. The van der Waals surface area contributed by atoms with Gasteiger partial charge in [-0.1, -0.05) is 0 Å². The van der Waals surface area contributed by atoms with Gasteiger partial charge in [-0.05, 0) is 44.0 Å². The molecule has 1 amide bonds. The molecule has 2 N–H and O–H groups in total. The molecule has 178 valence electrons. The highest BCUT2D eigenvalue weighted by atomic mass is 32.2. The molecule has 0 aromatic carbocycles. The number of methoxy groups -OCH3 is 1. The van der Waals surface area contributed by atoms with Crippen LogP contribution in [-0.4, -0.2) is 64.3 Å². The molecule has 1 saturated heterocycles. The van der Waals surface area contributed by atoms with Crippen LogP contribution in [-0.2, 0) is 17.8 Å². The van der Waals surface area contributed by atoms with Crippen molar-refractivity contribution in [2.45, 2.75) is 37.2 Å². The molecule has 1 unspecified atom stereocenters. The van der Waals surface area contributed by atoms with Gasteiger partial charge in [0.25, 0.3) is 0 Å². The van der Waals surface area contributed by atoms with E-state index in [2.05, 4.69) is 43.5 Å². The molecule has 10 heteroatoms. The highest BCUT2D eigenvalue weighted by Crippen LogP contribution is 2.31. The molecule has 3 aromatic heterocycles. The number of ether oxygens (including phenoxy) is 1. The minimum absolute atomic E-state index is 0.00810. The summed E-state index contributed by atoms with van der Waals surface area (Å²) in [6, 6.07) is 5.97. The van der Waals surface area contributed by atoms with Crippen molar-refractivity contribution < 1.29 is 13.9 Å². The maximum absolute atomic E-state index is 14.6. The molecule has 34 heavy (non-hydrogen) atoms. The van der Waals surface area contributed by atoms with Crippen LogP contribution in [0.2, 0.25) is 0 Å². The summed E-state index contributed by atoms with van der Waals surface area (Å²) in [5.41, 5.74) is 3.88. The SMILES string of the molecule is COc1ccc2ncc(F)c(CCN3CCC(NCc4nc5c(cc4C)SCC(=O)N5)C3)c2n1. The fraction of sp³-hybridized carbons (Fsp3) is 0.417. The maximum atomic E-state index is 14.6. The molecule has 8 nitrogen and oxygen atoms in total. The quantitative estimate of drug-likeness (QED) is 0.531. The third-order valence-corrected chi connectivity index (χ3v) is 7.39. The molecule has 1 fully saturated rings. The van der Waals surface area contributed by atoms with Crippen LogP contribution in [0.15, 0.2) is 29.3 Å². The summed E-state index contributed by atoms with van der Waals surface area (Å²) in [5.74, 6) is 1.21. The van der Waals surface area contributed by atoms with Crippen LogP contribution in [0.4, 0.5) is 10.2 Å². The van der Waals surface area contributed by atoms with Crippen molar-refractivity contribution in [1.29, 1.82) is 0 Å². The summed E-state index contributed by atoms with van der Waals surface area (Å²) in [6.07, 6.45) is 2.85. The van der Waals surface area contributed by atoms with Gasteiger partial charge in [0, 0.05) is 37.3 Å². The van der Waals surface area contributed by atoms with E-state index in [1.165, 1.54) is 18.0 Å². The Labute approximate surface area is 201 Å². The summed E-state index contributed by atoms with van der Waals surface area (Å²) < 4.78 is 19.8. The smallest absolute Gasteiger partial charge is 0.235 e. The number of rotatable bonds is 7. The van der Waals surface area contributed by atoms with Crippen LogP contribution < -0.4 is 15.4 Å². The first-order chi connectivity index (χ1) is 16.5. The Hall–Kier alpha value is -2.82. The number of amides is 1. The Balaban J connectivity index is 1.19. The Morgan fingerprint density at radius 2 is 2.24 bits per heavy atom. The average Bonchev–Trinajstić information content (AvgIpc) is 3.29. The minimum Gasteiger partial charge on any atom is -0.481 e. The summed E-state index contributed by atoms with van der Waals surface area (Å²) in [7, 11) is 1.55. The van der Waals surface area contributed by atoms with Crippen LogP contribution in [0.5, 0.6) is 5.88 Å². The molecule has 0 aliphatic carbocycles. The largest absolute Gasteiger partial charge is 0.481 e. The van der Waals surface area contributed by atoms with Crippen molar-refractivity contribution in [3.63, 3.8) is 0 Å². The summed E-state index contributed by atoms with van der Waals surface area (Å²) in [6.45, 7) is 5.27.